The van der Waals surface area contributed by atoms with Crippen molar-refractivity contribution in [2.24, 2.45) is 0 Å². The topological polar surface area (TPSA) is 56.8 Å². The molecule has 24 heavy (non-hydrogen) atoms. The van der Waals surface area contributed by atoms with E-state index in [0.29, 0.717) is 22.8 Å². The van der Waals surface area contributed by atoms with Crippen molar-refractivity contribution in [2.75, 3.05) is 33.7 Å². The van der Waals surface area contributed by atoms with Gasteiger partial charge in [-0.05, 0) is 36.4 Å². The quantitative estimate of drug-likeness (QED) is 0.621. The molecule has 2 rings (SSSR count). The van der Waals surface area contributed by atoms with Crippen LogP contribution in [0.3, 0.4) is 0 Å². The lowest BCUT2D eigenvalue weighted by Gasteiger charge is -2.13. The van der Waals surface area contributed by atoms with Crippen molar-refractivity contribution in [3.8, 4) is 17.2 Å². The number of allylic oxidation sites excluding steroid dienone is 1. The Morgan fingerprint density at radius 1 is 1.00 bits per heavy atom. The van der Waals surface area contributed by atoms with Gasteiger partial charge in [-0.3, -0.25) is 4.79 Å². The van der Waals surface area contributed by atoms with Gasteiger partial charge in [0.25, 0.3) is 0 Å². The van der Waals surface area contributed by atoms with E-state index in [9.17, 15) is 4.79 Å². The molecule has 0 bridgehead atoms. The highest BCUT2D eigenvalue weighted by Crippen LogP contribution is 2.40. The molecule has 1 N–H and O–H groups in total. The first-order chi connectivity index (χ1) is 11.6. The maximum Gasteiger partial charge on any atom is 0.203 e. The summed E-state index contributed by atoms with van der Waals surface area (Å²) in [4.78, 5) is 12.4. The van der Waals surface area contributed by atoms with Crippen molar-refractivity contribution >= 4 is 17.5 Å². The van der Waals surface area contributed by atoms with Crippen molar-refractivity contribution < 1.29 is 19.0 Å². The Labute approximate surface area is 141 Å². The zero-order chi connectivity index (χ0) is 17.5. The first kappa shape index (κ1) is 17.4. The van der Waals surface area contributed by atoms with Crippen LogP contribution in [0.2, 0.25) is 0 Å². The Morgan fingerprint density at radius 2 is 1.75 bits per heavy atom. The van der Waals surface area contributed by atoms with Gasteiger partial charge >= 0.3 is 0 Å². The van der Waals surface area contributed by atoms with E-state index in [1.165, 1.54) is 6.08 Å². The molecule has 0 atom stereocenters. The second-order valence-corrected chi connectivity index (χ2v) is 4.95. The van der Waals surface area contributed by atoms with Gasteiger partial charge in [0.15, 0.2) is 17.3 Å². The highest BCUT2D eigenvalue weighted by molar-refractivity contribution is 6.07. The van der Waals surface area contributed by atoms with Gasteiger partial charge in [0, 0.05) is 23.9 Å². The summed E-state index contributed by atoms with van der Waals surface area (Å²) < 4.78 is 16.0. The van der Waals surface area contributed by atoms with Gasteiger partial charge in [-0.1, -0.05) is 12.1 Å². The van der Waals surface area contributed by atoms with E-state index in [-0.39, 0.29) is 5.78 Å². The highest BCUT2D eigenvalue weighted by atomic mass is 16.5. The van der Waals surface area contributed by atoms with Crippen molar-refractivity contribution in [3.63, 3.8) is 0 Å². The number of ether oxygens (including phenoxy) is 3. The number of ketones is 1. The Bertz CT molecular complexity index is 753. The van der Waals surface area contributed by atoms with E-state index in [1.807, 2.05) is 25.2 Å². The molecule has 0 aliphatic rings. The third-order valence-electron chi connectivity index (χ3n) is 3.58. The van der Waals surface area contributed by atoms with Crippen molar-refractivity contribution in [3.05, 3.63) is 53.6 Å². The largest absolute Gasteiger partial charge is 0.493 e. The Hall–Kier alpha value is -2.95. The fraction of sp³-hybridized carbons (Fsp3) is 0.211. The highest BCUT2D eigenvalue weighted by Gasteiger charge is 2.14. The molecular weight excluding hydrogens is 306 g/mol. The molecule has 0 aliphatic carbocycles. The number of methoxy groups -OCH3 is 3. The van der Waals surface area contributed by atoms with Crippen LogP contribution in [-0.4, -0.2) is 34.2 Å². The van der Waals surface area contributed by atoms with E-state index in [1.54, 1.807) is 45.6 Å². The maximum absolute atomic E-state index is 12.4. The molecule has 0 heterocycles. The molecule has 126 valence electrons. The van der Waals surface area contributed by atoms with Crippen LogP contribution >= 0.6 is 0 Å². The summed E-state index contributed by atoms with van der Waals surface area (Å²) in [5, 5.41) is 3.02. The summed E-state index contributed by atoms with van der Waals surface area (Å²) in [5.41, 5.74) is 2.23. The Balaban J connectivity index is 2.32. The van der Waals surface area contributed by atoms with Crippen LogP contribution in [-0.2, 0) is 0 Å². The molecule has 0 aromatic heterocycles. The van der Waals surface area contributed by atoms with E-state index in [4.69, 9.17) is 14.2 Å². The van der Waals surface area contributed by atoms with Crippen LogP contribution in [0.5, 0.6) is 17.2 Å². The van der Waals surface area contributed by atoms with Crippen LogP contribution in [0, 0.1) is 0 Å². The summed E-state index contributed by atoms with van der Waals surface area (Å²) in [6, 6.07) is 10.9. The van der Waals surface area contributed by atoms with Crippen LogP contribution in [0.25, 0.3) is 6.08 Å². The molecule has 0 fully saturated rings. The number of benzene rings is 2. The van der Waals surface area contributed by atoms with Crippen molar-refractivity contribution in [1.82, 2.24) is 0 Å². The fourth-order valence-electron chi connectivity index (χ4n) is 2.35. The third kappa shape index (κ3) is 3.68. The average molecular weight is 327 g/mol. The van der Waals surface area contributed by atoms with Crippen LogP contribution < -0.4 is 19.5 Å². The summed E-state index contributed by atoms with van der Waals surface area (Å²) in [7, 11) is 6.47. The molecule has 0 saturated carbocycles. The van der Waals surface area contributed by atoms with Gasteiger partial charge in [-0.25, -0.2) is 0 Å². The summed E-state index contributed by atoms with van der Waals surface area (Å²) in [6.45, 7) is 0. The molecular formula is C19H21NO4. The molecule has 2 aromatic rings. The van der Waals surface area contributed by atoms with Gasteiger partial charge in [-0.2, -0.15) is 0 Å². The van der Waals surface area contributed by atoms with E-state index in [2.05, 4.69) is 5.32 Å². The van der Waals surface area contributed by atoms with Crippen LogP contribution in [0.4, 0.5) is 5.69 Å². The molecule has 2 aromatic carbocycles. The molecule has 0 saturated heterocycles. The predicted molar refractivity (Wildman–Crippen MR) is 95.5 cm³/mol. The Kier molecular flexibility index (Phi) is 5.84. The van der Waals surface area contributed by atoms with Gasteiger partial charge in [-0.15, -0.1) is 0 Å². The van der Waals surface area contributed by atoms with Gasteiger partial charge in [0.05, 0.1) is 21.3 Å². The lowest BCUT2D eigenvalue weighted by molar-refractivity contribution is 0.104. The van der Waals surface area contributed by atoms with E-state index >= 15 is 0 Å². The average Bonchev–Trinajstić information content (AvgIpc) is 2.64. The normalized spacial score (nSPS) is 10.5. The number of carbonyl (C=O) groups excluding carboxylic acids is 1. The monoisotopic (exact) mass is 327 g/mol. The molecule has 0 unspecified atom stereocenters. The minimum Gasteiger partial charge on any atom is -0.493 e. The van der Waals surface area contributed by atoms with E-state index < -0.39 is 0 Å². The number of hydrogen-bond donors (Lipinski definition) is 1. The lowest BCUT2D eigenvalue weighted by Crippen LogP contribution is -1.98. The van der Waals surface area contributed by atoms with Crippen molar-refractivity contribution in [2.45, 2.75) is 0 Å². The number of carbonyl (C=O) groups is 1. The van der Waals surface area contributed by atoms with Crippen LogP contribution in [0.1, 0.15) is 15.9 Å². The fourth-order valence-corrected chi connectivity index (χ4v) is 2.35. The molecule has 0 aliphatic heterocycles. The van der Waals surface area contributed by atoms with E-state index in [0.717, 1.165) is 11.3 Å². The summed E-state index contributed by atoms with van der Waals surface area (Å²) in [6.07, 6.45) is 3.22. The first-order valence-corrected chi connectivity index (χ1v) is 7.43. The number of anilines is 1. The SMILES string of the molecule is CNc1cccc(C(=O)C=Cc2ccc(OC)c(OC)c2OC)c1. The molecule has 0 radical (unpaired) electrons. The second-order valence-electron chi connectivity index (χ2n) is 4.95. The minimum atomic E-state index is -0.0936. The number of nitrogens with one attached hydrogen (secondary N) is 1. The number of rotatable bonds is 7. The van der Waals surface area contributed by atoms with Gasteiger partial charge < -0.3 is 19.5 Å². The predicted octanol–water partition coefficient (Wildman–Crippen LogP) is 3.65. The first-order valence-electron chi connectivity index (χ1n) is 7.43. The standard InChI is InChI=1S/C19H21NO4/c1-20-15-7-5-6-14(12-15)16(21)10-8-13-9-11-17(22-2)19(24-4)18(13)23-3/h5-12,20H,1-4H3. The third-order valence-corrected chi connectivity index (χ3v) is 3.58. The summed E-state index contributed by atoms with van der Waals surface area (Å²) >= 11 is 0. The minimum absolute atomic E-state index is 0.0936. The number of hydrogen-bond acceptors (Lipinski definition) is 5. The van der Waals surface area contributed by atoms with Gasteiger partial charge in [0.1, 0.15) is 0 Å². The van der Waals surface area contributed by atoms with Gasteiger partial charge in [0.2, 0.25) is 5.75 Å². The lowest BCUT2D eigenvalue weighted by atomic mass is 10.1. The molecule has 0 amide bonds. The molecule has 5 nitrogen and oxygen atoms in total. The smallest absolute Gasteiger partial charge is 0.203 e. The van der Waals surface area contributed by atoms with Crippen LogP contribution in [0.15, 0.2) is 42.5 Å². The zero-order valence-electron chi connectivity index (χ0n) is 14.3. The second kappa shape index (κ2) is 8.06. The Morgan fingerprint density at radius 3 is 2.38 bits per heavy atom. The zero-order valence-corrected chi connectivity index (χ0v) is 14.3. The maximum atomic E-state index is 12.4. The molecule has 0 spiro atoms. The van der Waals surface area contributed by atoms with Crippen molar-refractivity contribution in [1.29, 1.82) is 0 Å². The molecule has 5 heteroatoms. The summed E-state index contributed by atoms with van der Waals surface area (Å²) in [5.74, 6) is 1.49.